The zero-order chi connectivity index (χ0) is 16.7. The second-order valence-corrected chi connectivity index (χ2v) is 6.92. The molecule has 1 atom stereocenters. The van der Waals surface area contributed by atoms with E-state index in [-0.39, 0.29) is 5.56 Å². The lowest BCUT2D eigenvalue weighted by atomic mass is 9.87. The van der Waals surface area contributed by atoms with E-state index in [9.17, 15) is 4.79 Å². The van der Waals surface area contributed by atoms with Gasteiger partial charge in [-0.1, -0.05) is 31.2 Å². The second kappa shape index (κ2) is 5.86. The second-order valence-electron chi connectivity index (χ2n) is 6.92. The van der Waals surface area contributed by atoms with Crippen molar-refractivity contribution in [2.75, 3.05) is 0 Å². The van der Waals surface area contributed by atoms with Crippen LogP contribution in [0.15, 0.2) is 41.5 Å². The van der Waals surface area contributed by atoms with Gasteiger partial charge < -0.3 is 0 Å². The van der Waals surface area contributed by atoms with Gasteiger partial charge in [0.1, 0.15) is 6.33 Å². The van der Waals surface area contributed by atoms with Crippen LogP contribution >= 0.6 is 0 Å². The first-order chi connectivity index (χ1) is 11.6. The molecular weight excluding hydrogens is 298 g/mol. The van der Waals surface area contributed by atoms with Crippen molar-refractivity contribution in [1.29, 1.82) is 0 Å². The monoisotopic (exact) mass is 319 g/mol. The van der Waals surface area contributed by atoms with Crippen LogP contribution in [0.1, 0.15) is 35.7 Å². The maximum atomic E-state index is 12.9. The number of nitrogens with zero attached hydrogens (tertiary/aromatic N) is 3. The average Bonchev–Trinajstić information content (AvgIpc) is 2.58. The van der Waals surface area contributed by atoms with Crippen LogP contribution in [-0.4, -0.2) is 14.5 Å². The number of fused-ring (bicyclic) bond motifs is 2. The molecule has 1 aromatic carbocycles. The lowest BCUT2D eigenvalue weighted by molar-refractivity contribution is 0.495. The standard InChI is InChI=1S/C20H21N3O/c1-13-7-8-18-16(9-13)10-17-19(22-18)21-12-23(20(17)24)11-15-6-4-3-5-14(15)2/h3-6,10,12-13H,7-9,11H2,1-2H3. The molecule has 1 aliphatic rings. The predicted octanol–water partition coefficient (Wildman–Crippen LogP) is 3.27. The van der Waals surface area contributed by atoms with E-state index in [0.717, 1.165) is 30.5 Å². The molecule has 1 unspecified atom stereocenters. The summed E-state index contributed by atoms with van der Waals surface area (Å²) in [5.74, 6) is 0.655. The van der Waals surface area contributed by atoms with Crippen LogP contribution in [0.3, 0.4) is 0 Å². The molecule has 1 aliphatic carbocycles. The zero-order valence-corrected chi connectivity index (χ0v) is 14.1. The molecule has 4 nitrogen and oxygen atoms in total. The van der Waals surface area contributed by atoms with Crippen molar-refractivity contribution in [2.24, 2.45) is 5.92 Å². The summed E-state index contributed by atoms with van der Waals surface area (Å²) in [6.45, 7) is 4.86. The number of benzene rings is 1. The van der Waals surface area contributed by atoms with Crippen molar-refractivity contribution in [3.63, 3.8) is 0 Å². The molecule has 0 saturated carbocycles. The van der Waals surface area contributed by atoms with Gasteiger partial charge in [-0.3, -0.25) is 9.36 Å². The summed E-state index contributed by atoms with van der Waals surface area (Å²) in [5.41, 5.74) is 5.23. The van der Waals surface area contributed by atoms with E-state index in [1.54, 1.807) is 10.9 Å². The summed E-state index contributed by atoms with van der Waals surface area (Å²) < 4.78 is 1.69. The van der Waals surface area contributed by atoms with Gasteiger partial charge in [0.05, 0.1) is 11.9 Å². The molecule has 0 spiro atoms. The molecule has 122 valence electrons. The fraction of sp³-hybridized carbons (Fsp3) is 0.350. The number of hydrogen-bond donors (Lipinski definition) is 0. The highest BCUT2D eigenvalue weighted by molar-refractivity contribution is 5.74. The molecule has 2 heterocycles. The largest absolute Gasteiger partial charge is 0.294 e. The Balaban J connectivity index is 1.80. The first kappa shape index (κ1) is 15.1. The van der Waals surface area contributed by atoms with Crippen LogP contribution in [-0.2, 0) is 19.4 Å². The molecule has 0 fully saturated rings. The summed E-state index contributed by atoms with van der Waals surface area (Å²) in [6.07, 6.45) is 4.78. The van der Waals surface area contributed by atoms with Gasteiger partial charge in [0.2, 0.25) is 0 Å². The average molecular weight is 319 g/mol. The van der Waals surface area contributed by atoms with Gasteiger partial charge in [0, 0.05) is 5.69 Å². The molecule has 0 bridgehead atoms. The highest BCUT2D eigenvalue weighted by Gasteiger charge is 2.18. The Morgan fingerprint density at radius 2 is 2.12 bits per heavy atom. The molecule has 0 radical (unpaired) electrons. The fourth-order valence-corrected chi connectivity index (χ4v) is 3.51. The van der Waals surface area contributed by atoms with E-state index in [0.29, 0.717) is 23.5 Å². The van der Waals surface area contributed by atoms with E-state index >= 15 is 0 Å². The van der Waals surface area contributed by atoms with Gasteiger partial charge in [-0.05, 0) is 54.9 Å². The molecule has 0 aliphatic heterocycles. The molecule has 2 aromatic heterocycles. The van der Waals surface area contributed by atoms with Crippen molar-refractivity contribution in [3.8, 4) is 0 Å². The lowest BCUT2D eigenvalue weighted by Crippen LogP contribution is -2.23. The predicted molar refractivity (Wildman–Crippen MR) is 95.3 cm³/mol. The molecule has 0 amide bonds. The Labute approximate surface area is 141 Å². The molecule has 0 N–H and O–H groups in total. The quantitative estimate of drug-likeness (QED) is 0.728. The third-order valence-corrected chi connectivity index (χ3v) is 5.03. The van der Waals surface area contributed by atoms with Crippen LogP contribution < -0.4 is 5.56 Å². The van der Waals surface area contributed by atoms with Gasteiger partial charge in [-0.15, -0.1) is 0 Å². The first-order valence-electron chi connectivity index (χ1n) is 8.54. The normalized spacial score (nSPS) is 17.0. The topological polar surface area (TPSA) is 47.8 Å². The Kier molecular flexibility index (Phi) is 3.68. The maximum Gasteiger partial charge on any atom is 0.263 e. The molecular formula is C20H21N3O. The van der Waals surface area contributed by atoms with Gasteiger partial charge in [0.25, 0.3) is 5.56 Å². The summed E-state index contributed by atoms with van der Waals surface area (Å²) in [5, 5.41) is 0.638. The lowest BCUT2D eigenvalue weighted by Gasteiger charge is -2.20. The van der Waals surface area contributed by atoms with Crippen molar-refractivity contribution >= 4 is 11.0 Å². The van der Waals surface area contributed by atoms with E-state index in [4.69, 9.17) is 0 Å². The van der Waals surface area contributed by atoms with Crippen LogP contribution in [0.4, 0.5) is 0 Å². The van der Waals surface area contributed by atoms with E-state index in [1.165, 1.54) is 11.1 Å². The zero-order valence-electron chi connectivity index (χ0n) is 14.1. The highest BCUT2D eigenvalue weighted by Crippen LogP contribution is 2.25. The van der Waals surface area contributed by atoms with Crippen molar-refractivity contribution < 1.29 is 0 Å². The highest BCUT2D eigenvalue weighted by atomic mass is 16.1. The van der Waals surface area contributed by atoms with Gasteiger partial charge in [-0.2, -0.15) is 0 Å². The number of rotatable bonds is 2. The number of pyridine rings is 1. The van der Waals surface area contributed by atoms with Crippen molar-refractivity contribution in [3.05, 3.63) is 69.4 Å². The Bertz CT molecular complexity index is 974. The molecule has 3 aromatic rings. The van der Waals surface area contributed by atoms with E-state index < -0.39 is 0 Å². The minimum atomic E-state index is -0.00298. The Morgan fingerprint density at radius 1 is 1.29 bits per heavy atom. The summed E-state index contributed by atoms with van der Waals surface area (Å²) in [4.78, 5) is 22.0. The number of hydrogen-bond acceptors (Lipinski definition) is 3. The van der Waals surface area contributed by atoms with E-state index in [2.05, 4.69) is 35.9 Å². The Hall–Kier alpha value is -2.49. The Morgan fingerprint density at radius 3 is 2.96 bits per heavy atom. The van der Waals surface area contributed by atoms with Crippen molar-refractivity contribution in [2.45, 2.75) is 39.7 Å². The van der Waals surface area contributed by atoms with Crippen LogP contribution in [0, 0.1) is 12.8 Å². The third-order valence-electron chi connectivity index (χ3n) is 5.03. The van der Waals surface area contributed by atoms with Crippen LogP contribution in [0.5, 0.6) is 0 Å². The summed E-state index contributed by atoms with van der Waals surface area (Å²) >= 11 is 0. The van der Waals surface area contributed by atoms with E-state index in [1.807, 2.05) is 18.2 Å². The molecule has 24 heavy (non-hydrogen) atoms. The molecule has 4 heteroatoms. The number of aromatic nitrogens is 3. The minimum Gasteiger partial charge on any atom is -0.294 e. The van der Waals surface area contributed by atoms with Gasteiger partial charge in [0.15, 0.2) is 5.65 Å². The number of aryl methyl sites for hydroxylation is 2. The minimum absolute atomic E-state index is 0.00298. The van der Waals surface area contributed by atoms with Crippen LogP contribution in [0.25, 0.3) is 11.0 Å². The fourth-order valence-electron chi connectivity index (χ4n) is 3.51. The van der Waals surface area contributed by atoms with Crippen molar-refractivity contribution in [1.82, 2.24) is 14.5 Å². The first-order valence-corrected chi connectivity index (χ1v) is 8.54. The SMILES string of the molecule is Cc1ccccc1Cn1cnc2nc3c(cc2c1=O)CC(C)CC3. The molecule has 0 saturated heterocycles. The third kappa shape index (κ3) is 2.62. The maximum absolute atomic E-state index is 12.9. The van der Waals surface area contributed by atoms with Gasteiger partial charge >= 0.3 is 0 Å². The molecule has 4 rings (SSSR count). The van der Waals surface area contributed by atoms with Gasteiger partial charge in [-0.25, -0.2) is 9.97 Å². The summed E-state index contributed by atoms with van der Waals surface area (Å²) in [7, 11) is 0. The van der Waals surface area contributed by atoms with Crippen LogP contribution in [0.2, 0.25) is 0 Å². The smallest absolute Gasteiger partial charge is 0.263 e. The summed E-state index contributed by atoms with van der Waals surface area (Å²) in [6, 6.07) is 10.2.